The van der Waals surface area contributed by atoms with Crippen molar-refractivity contribution in [1.82, 2.24) is 4.72 Å². The second-order valence-corrected chi connectivity index (χ2v) is 6.32. The Morgan fingerprint density at radius 2 is 2.11 bits per heavy atom. The van der Waals surface area contributed by atoms with Crippen LogP contribution in [0.1, 0.15) is 25.3 Å². The molecule has 5 nitrogen and oxygen atoms in total. The summed E-state index contributed by atoms with van der Waals surface area (Å²) >= 11 is 5.89. The molecule has 7 heteroatoms. The zero-order valence-corrected chi connectivity index (χ0v) is 12.3. The highest BCUT2D eigenvalue weighted by atomic mass is 35.5. The number of sulfonamides is 1. The number of hydrogen-bond donors (Lipinski definition) is 2. The Bertz CT molecular complexity index is 571. The Balaban J connectivity index is 3.06. The SMILES string of the molecule is CCCC(NS(=O)(=O)c1ccc(C)cc1Cl)C(=O)O. The lowest BCUT2D eigenvalue weighted by Crippen LogP contribution is -2.40. The Kier molecular flexibility index (Phi) is 5.34. The van der Waals surface area contributed by atoms with Crippen LogP contribution in [0.25, 0.3) is 0 Å². The molecule has 106 valence electrons. The van der Waals surface area contributed by atoms with E-state index in [9.17, 15) is 13.2 Å². The Morgan fingerprint density at radius 3 is 2.58 bits per heavy atom. The van der Waals surface area contributed by atoms with Crippen LogP contribution in [0.3, 0.4) is 0 Å². The normalized spacial score (nSPS) is 13.2. The first-order valence-electron chi connectivity index (χ1n) is 5.79. The second kappa shape index (κ2) is 6.36. The third-order valence-corrected chi connectivity index (χ3v) is 4.50. The lowest BCUT2D eigenvalue weighted by Gasteiger charge is -2.14. The highest BCUT2D eigenvalue weighted by molar-refractivity contribution is 7.89. The highest BCUT2D eigenvalue weighted by Gasteiger charge is 2.26. The second-order valence-electron chi connectivity index (χ2n) is 4.23. The van der Waals surface area contributed by atoms with Gasteiger partial charge in [-0.2, -0.15) is 4.72 Å². The van der Waals surface area contributed by atoms with E-state index >= 15 is 0 Å². The van der Waals surface area contributed by atoms with E-state index in [1.165, 1.54) is 12.1 Å². The molecule has 0 heterocycles. The molecule has 0 radical (unpaired) electrons. The van der Waals surface area contributed by atoms with Gasteiger partial charge in [0.2, 0.25) is 10.0 Å². The monoisotopic (exact) mass is 305 g/mol. The zero-order chi connectivity index (χ0) is 14.6. The summed E-state index contributed by atoms with van der Waals surface area (Å²) in [7, 11) is -3.94. The summed E-state index contributed by atoms with van der Waals surface area (Å²) in [6.07, 6.45) is 0.777. The van der Waals surface area contributed by atoms with Crippen molar-refractivity contribution in [3.63, 3.8) is 0 Å². The molecule has 19 heavy (non-hydrogen) atoms. The minimum atomic E-state index is -3.94. The first-order valence-corrected chi connectivity index (χ1v) is 7.65. The standard InChI is InChI=1S/C12H16ClNO4S/c1-3-4-10(12(15)16)14-19(17,18)11-6-5-8(2)7-9(11)13/h5-7,10,14H,3-4H2,1-2H3,(H,15,16). The first kappa shape index (κ1) is 15.9. The van der Waals surface area contributed by atoms with Crippen LogP contribution in [-0.2, 0) is 14.8 Å². The predicted molar refractivity (Wildman–Crippen MR) is 72.8 cm³/mol. The number of carboxylic acid groups (broad SMARTS) is 1. The fraction of sp³-hybridized carbons (Fsp3) is 0.417. The Labute approximate surface area is 117 Å². The van der Waals surface area contributed by atoms with Crippen molar-refractivity contribution < 1.29 is 18.3 Å². The van der Waals surface area contributed by atoms with E-state index in [-0.39, 0.29) is 16.3 Å². The van der Waals surface area contributed by atoms with E-state index in [0.717, 1.165) is 5.56 Å². The number of benzene rings is 1. The molecule has 0 aromatic heterocycles. The van der Waals surface area contributed by atoms with Gasteiger partial charge in [0.15, 0.2) is 0 Å². The Morgan fingerprint density at radius 1 is 1.47 bits per heavy atom. The fourth-order valence-electron chi connectivity index (χ4n) is 1.60. The Hall–Kier alpha value is -1.11. The van der Waals surface area contributed by atoms with E-state index in [2.05, 4.69) is 4.72 Å². The number of nitrogens with one attached hydrogen (secondary N) is 1. The smallest absolute Gasteiger partial charge is 0.321 e. The predicted octanol–water partition coefficient (Wildman–Crippen LogP) is 2.18. The summed E-state index contributed by atoms with van der Waals surface area (Å²) in [5, 5.41) is 9.05. The van der Waals surface area contributed by atoms with Gasteiger partial charge in [-0.1, -0.05) is 31.0 Å². The molecule has 0 fully saturated rings. The number of halogens is 1. The number of carbonyl (C=O) groups is 1. The molecular formula is C12H16ClNO4S. The van der Waals surface area contributed by atoms with Crippen molar-refractivity contribution in [3.05, 3.63) is 28.8 Å². The van der Waals surface area contributed by atoms with Crippen LogP contribution in [0.4, 0.5) is 0 Å². The molecule has 1 aromatic rings. The van der Waals surface area contributed by atoms with E-state index in [1.54, 1.807) is 19.9 Å². The molecule has 0 aliphatic carbocycles. The number of aryl methyl sites for hydroxylation is 1. The van der Waals surface area contributed by atoms with Gasteiger partial charge >= 0.3 is 5.97 Å². The van der Waals surface area contributed by atoms with Gasteiger partial charge in [0.25, 0.3) is 0 Å². The van der Waals surface area contributed by atoms with Gasteiger partial charge in [-0.05, 0) is 31.0 Å². The zero-order valence-electron chi connectivity index (χ0n) is 10.7. The van der Waals surface area contributed by atoms with Gasteiger partial charge in [-0.3, -0.25) is 4.79 Å². The molecule has 0 aliphatic heterocycles. The molecule has 1 atom stereocenters. The number of carboxylic acids is 1. The van der Waals surface area contributed by atoms with Gasteiger partial charge in [-0.15, -0.1) is 0 Å². The van der Waals surface area contributed by atoms with Crippen molar-refractivity contribution in [2.45, 2.75) is 37.6 Å². The van der Waals surface area contributed by atoms with Crippen molar-refractivity contribution in [2.24, 2.45) is 0 Å². The van der Waals surface area contributed by atoms with E-state index < -0.39 is 22.0 Å². The summed E-state index contributed by atoms with van der Waals surface area (Å²) in [4.78, 5) is 10.9. The minimum absolute atomic E-state index is 0.0770. The van der Waals surface area contributed by atoms with Crippen molar-refractivity contribution in [1.29, 1.82) is 0 Å². The van der Waals surface area contributed by atoms with Crippen molar-refractivity contribution in [3.8, 4) is 0 Å². The van der Waals surface area contributed by atoms with Gasteiger partial charge in [0, 0.05) is 0 Å². The molecular weight excluding hydrogens is 290 g/mol. The molecule has 0 saturated heterocycles. The van der Waals surface area contributed by atoms with Crippen LogP contribution in [-0.4, -0.2) is 25.5 Å². The number of rotatable bonds is 6. The summed E-state index contributed by atoms with van der Waals surface area (Å²) in [5.41, 5.74) is 0.826. The fourth-order valence-corrected chi connectivity index (χ4v) is 3.42. The van der Waals surface area contributed by atoms with Crippen LogP contribution in [0.15, 0.2) is 23.1 Å². The number of hydrogen-bond acceptors (Lipinski definition) is 3. The third-order valence-electron chi connectivity index (χ3n) is 2.55. The molecule has 0 spiro atoms. The maximum absolute atomic E-state index is 12.1. The lowest BCUT2D eigenvalue weighted by atomic mass is 10.2. The van der Waals surface area contributed by atoms with Crippen LogP contribution < -0.4 is 4.72 Å². The quantitative estimate of drug-likeness (QED) is 0.844. The molecule has 1 rings (SSSR count). The summed E-state index contributed by atoms with van der Waals surface area (Å²) in [6.45, 7) is 3.57. The van der Waals surface area contributed by atoms with Crippen molar-refractivity contribution in [2.75, 3.05) is 0 Å². The van der Waals surface area contributed by atoms with Gasteiger partial charge in [0.1, 0.15) is 10.9 Å². The largest absolute Gasteiger partial charge is 0.480 e. The summed E-state index contributed by atoms with van der Waals surface area (Å²) < 4.78 is 26.3. The molecule has 0 amide bonds. The van der Waals surface area contributed by atoms with Gasteiger partial charge < -0.3 is 5.11 Å². The van der Waals surface area contributed by atoms with E-state index in [4.69, 9.17) is 16.7 Å². The first-order chi connectivity index (χ1) is 8.77. The lowest BCUT2D eigenvalue weighted by molar-refractivity contribution is -0.139. The minimum Gasteiger partial charge on any atom is -0.480 e. The van der Waals surface area contributed by atoms with Crippen molar-refractivity contribution >= 4 is 27.6 Å². The molecule has 0 saturated carbocycles. The molecule has 2 N–H and O–H groups in total. The average Bonchev–Trinajstić information content (AvgIpc) is 2.27. The molecule has 1 aromatic carbocycles. The topological polar surface area (TPSA) is 83.5 Å². The van der Waals surface area contributed by atoms with Gasteiger partial charge in [0.05, 0.1) is 5.02 Å². The molecule has 0 aliphatic rings. The van der Waals surface area contributed by atoms with Gasteiger partial charge in [-0.25, -0.2) is 8.42 Å². The average molecular weight is 306 g/mol. The van der Waals surface area contributed by atoms with E-state index in [1.807, 2.05) is 0 Å². The van der Waals surface area contributed by atoms with Crippen LogP contribution in [0.5, 0.6) is 0 Å². The maximum atomic E-state index is 12.1. The molecule has 1 unspecified atom stereocenters. The maximum Gasteiger partial charge on any atom is 0.321 e. The highest BCUT2D eigenvalue weighted by Crippen LogP contribution is 2.22. The summed E-state index contributed by atoms with van der Waals surface area (Å²) in [6, 6.07) is 3.35. The summed E-state index contributed by atoms with van der Waals surface area (Å²) in [5.74, 6) is -1.20. The van der Waals surface area contributed by atoms with Crippen LogP contribution >= 0.6 is 11.6 Å². The molecule has 0 bridgehead atoms. The van der Waals surface area contributed by atoms with Crippen LogP contribution in [0, 0.1) is 6.92 Å². The third kappa shape index (κ3) is 4.19. The van der Waals surface area contributed by atoms with E-state index in [0.29, 0.717) is 6.42 Å². The van der Waals surface area contributed by atoms with Crippen LogP contribution in [0.2, 0.25) is 5.02 Å². The number of aliphatic carboxylic acids is 1.